The van der Waals surface area contributed by atoms with E-state index in [1.165, 1.54) is 0 Å². The quantitative estimate of drug-likeness (QED) is 0.581. The molecule has 0 unspecified atom stereocenters. The number of nitrogens with zero attached hydrogens (tertiary/aromatic N) is 1. The summed E-state index contributed by atoms with van der Waals surface area (Å²) in [6, 6.07) is 8.80. The van der Waals surface area contributed by atoms with Crippen LogP contribution in [0.15, 0.2) is 39.9 Å². The number of fused-ring (bicyclic) bond motifs is 1. The van der Waals surface area contributed by atoms with E-state index < -0.39 is 17.3 Å². The summed E-state index contributed by atoms with van der Waals surface area (Å²) < 4.78 is 12.0. The predicted molar refractivity (Wildman–Crippen MR) is 116 cm³/mol. The number of methoxy groups -OCH3 is 2. The molecular formula is C23H26N3O5+. The molecule has 3 aromatic rings. The average Bonchev–Trinajstić information content (AvgIpc) is 2.71. The van der Waals surface area contributed by atoms with E-state index in [1.54, 1.807) is 26.4 Å². The van der Waals surface area contributed by atoms with Crippen LogP contribution >= 0.6 is 0 Å². The van der Waals surface area contributed by atoms with E-state index in [0.29, 0.717) is 23.7 Å². The lowest BCUT2D eigenvalue weighted by Crippen LogP contribution is -2.87. The highest BCUT2D eigenvalue weighted by molar-refractivity contribution is 5.52. The Bertz CT molecular complexity index is 1260. The summed E-state index contributed by atoms with van der Waals surface area (Å²) in [5.74, 6) is 0.794. The molecule has 4 rings (SSSR count). The first kappa shape index (κ1) is 20.7. The van der Waals surface area contributed by atoms with Crippen LogP contribution < -0.4 is 26.0 Å². The Labute approximate surface area is 179 Å². The van der Waals surface area contributed by atoms with Crippen molar-refractivity contribution in [3.05, 3.63) is 79.0 Å². The minimum atomic E-state index is -0.681. The van der Waals surface area contributed by atoms with E-state index in [1.807, 2.05) is 37.4 Å². The lowest BCUT2D eigenvalue weighted by Gasteiger charge is -2.26. The minimum absolute atomic E-state index is 0.131. The zero-order valence-electron chi connectivity index (χ0n) is 18.0. The maximum Gasteiger partial charge on any atom is 0.335 e. The van der Waals surface area contributed by atoms with E-state index in [4.69, 9.17) is 9.47 Å². The second kappa shape index (κ2) is 7.96. The molecule has 0 bridgehead atoms. The molecule has 0 amide bonds. The number of aromatic hydroxyl groups is 1. The highest BCUT2D eigenvalue weighted by Gasteiger charge is 2.33. The molecule has 8 heteroatoms. The number of nitrogens with one attached hydrogen (secondary N) is 1. The molecule has 2 heterocycles. The molecule has 0 aliphatic carbocycles. The first-order chi connectivity index (χ1) is 14.8. The van der Waals surface area contributed by atoms with Crippen LogP contribution in [0.25, 0.3) is 5.69 Å². The Morgan fingerprint density at radius 3 is 2.32 bits per heavy atom. The van der Waals surface area contributed by atoms with Crippen molar-refractivity contribution in [2.75, 3.05) is 20.8 Å². The lowest BCUT2D eigenvalue weighted by atomic mass is 9.90. The molecule has 2 aromatic carbocycles. The van der Waals surface area contributed by atoms with Crippen molar-refractivity contribution >= 4 is 0 Å². The summed E-state index contributed by atoms with van der Waals surface area (Å²) in [5, 5.41) is 13.1. The summed E-state index contributed by atoms with van der Waals surface area (Å²) in [5.41, 5.74) is 3.09. The van der Waals surface area contributed by atoms with Crippen LogP contribution in [0.4, 0.5) is 0 Å². The molecule has 4 N–H and O–H groups in total. The first-order valence-corrected chi connectivity index (χ1v) is 10.1. The number of aromatic nitrogens is 2. The van der Waals surface area contributed by atoms with Crippen LogP contribution in [0.1, 0.15) is 33.9 Å². The van der Waals surface area contributed by atoms with Crippen molar-refractivity contribution in [1.82, 2.24) is 9.55 Å². The molecule has 1 aromatic heterocycles. The summed E-state index contributed by atoms with van der Waals surface area (Å²) in [6.07, 6.45) is 0.779. The number of aryl methyl sites for hydroxylation is 2. The zero-order chi connectivity index (χ0) is 22.3. The van der Waals surface area contributed by atoms with Crippen LogP contribution in [-0.2, 0) is 6.42 Å². The Balaban J connectivity index is 1.95. The van der Waals surface area contributed by atoms with E-state index in [2.05, 4.69) is 4.98 Å². The molecule has 162 valence electrons. The van der Waals surface area contributed by atoms with Crippen molar-refractivity contribution in [3.8, 4) is 23.1 Å². The predicted octanol–water partition coefficient (Wildman–Crippen LogP) is 1.07. The Morgan fingerprint density at radius 2 is 1.68 bits per heavy atom. The Morgan fingerprint density at radius 1 is 1.03 bits per heavy atom. The Kier molecular flexibility index (Phi) is 5.32. The maximum atomic E-state index is 12.9. The van der Waals surface area contributed by atoms with E-state index in [-0.39, 0.29) is 11.4 Å². The highest BCUT2D eigenvalue weighted by atomic mass is 16.5. The third kappa shape index (κ3) is 3.59. The van der Waals surface area contributed by atoms with Gasteiger partial charge in [0.15, 0.2) is 11.5 Å². The fourth-order valence-corrected chi connectivity index (χ4v) is 4.39. The summed E-state index contributed by atoms with van der Waals surface area (Å²) in [4.78, 5) is 27.9. The van der Waals surface area contributed by atoms with Crippen molar-refractivity contribution in [2.24, 2.45) is 0 Å². The first-order valence-electron chi connectivity index (χ1n) is 10.1. The van der Waals surface area contributed by atoms with Gasteiger partial charge in [0.2, 0.25) is 5.88 Å². The normalized spacial score (nSPS) is 15.4. The van der Waals surface area contributed by atoms with Gasteiger partial charge in [-0.1, -0.05) is 6.07 Å². The highest BCUT2D eigenvalue weighted by Crippen LogP contribution is 2.36. The summed E-state index contributed by atoms with van der Waals surface area (Å²) >= 11 is 0. The molecule has 0 saturated carbocycles. The number of quaternary nitrogens is 1. The van der Waals surface area contributed by atoms with E-state index in [0.717, 1.165) is 33.2 Å². The number of hydrogen-bond acceptors (Lipinski definition) is 5. The van der Waals surface area contributed by atoms with Crippen molar-refractivity contribution in [3.63, 3.8) is 0 Å². The summed E-state index contributed by atoms with van der Waals surface area (Å²) in [6.45, 7) is 4.54. The number of rotatable bonds is 4. The molecule has 0 fully saturated rings. The monoisotopic (exact) mass is 424 g/mol. The minimum Gasteiger partial charge on any atom is -0.494 e. The molecule has 0 radical (unpaired) electrons. The number of aromatic amines is 1. The second-order valence-corrected chi connectivity index (χ2v) is 7.84. The van der Waals surface area contributed by atoms with Gasteiger partial charge in [-0.3, -0.25) is 9.78 Å². The van der Waals surface area contributed by atoms with Crippen LogP contribution in [0, 0.1) is 13.8 Å². The van der Waals surface area contributed by atoms with Gasteiger partial charge in [0.25, 0.3) is 5.56 Å². The van der Waals surface area contributed by atoms with Gasteiger partial charge < -0.3 is 19.9 Å². The number of hydrogen-bond donors (Lipinski definition) is 3. The standard InChI is InChI=1S/C23H25N3O5/c1-12-7-13(2)9-15(8-12)26-22(28)19(21(27)25-23(26)29)20-16-11-18(31-4)17(30-3)10-14(16)5-6-24-20/h7-11,20,24,28H,5-6H2,1-4H3,(H,25,27,29)/p+1/t20-/m0/s1. The van der Waals surface area contributed by atoms with Gasteiger partial charge in [-0.05, 0) is 54.8 Å². The molecule has 1 aliphatic rings. The van der Waals surface area contributed by atoms with E-state index >= 15 is 0 Å². The van der Waals surface area contributed by atoms with Crippen LogP contribution in [-0.4, -0.2) is 35.4 Å². The number of nitrogens with two attached hydrogens (primary N) is 1. The molecule has 8 nitrogen and oxygen atoms in total. The van der Waals surface area contributed by atoms with Crippen molar-refractivity contribution < 1.29 is 19.9 Å². The third-order valence-electron chi connectivity index (χ3n) is 5.69. The maximum absolute atomic E-state index is 12.9. The molecule has 0 spiro atoms. The average molecular weight is 424 g/mol. The molecule has 1 aliphatic heterocycles. The lowest BCUT2D eigenvalue weighted by molar-refractivity contribution is -0.690. The summed E-state index contributed by atoms with van der Waals surface area (Å²) in [7, 11) is 3.13. The molecule has 1 atom stereocenters. The Hall–Kier alpha value is -3.52. The SMILES string of the molecule is COc1cc2c(cc1OC)[C@@H](c1c(O)n(-c3cc(C)cc(C)c3)c(=O)[nH]c1=O)[NH2+]CC2. The van der Waals surface area contributed by atoms with Gasteiger partial charge in [-0.2, -0.15) is 0 Å². The third-order valence-corrected chi connectivity index (χ3v) is 5.69. The van der Waals surface area contributed by atoms with Gasteiger partial charge in [-0.25, -0.2) is 9.36 Å². The molecular weight excluding hydrogens is 398 g/mol. The molecule has 0 saturated heterocycles. The number of H-pyrrole nitrogens is 1. The van der Waals surface area contributed by atoms with Crippen LogP contribution in [0.5, 0.6) is 17.4 Å². The van der Waals surface area contributed by atoms with Crippen molar-refractivity contribution in [2.45, 2.75) is 26.3 Å². The smallest absolute Gasteiger partial charge is 0.335 e. The second-order valence-electron chi connectivity index (χ2n) is 7.84. The van der Waals surface area contributed by atoms with Crippen LogP contribution in [0.2, 0.25) is 0 Å². The van der Waals surface area contributed by atoms with Gasteiger partial charge in [0, 0.05) is 12.0 Å². The largest absolute Gasteiger partial charge is 0.494 e. The fourth-order valence-electron chi connectivity index (χ4n) is 4.39. The number of benzene rings is 2. The van der Waals surface area contributed by atoms with Gasteiger partial charge in [0.05, 0.1) is 26.5 Å². The topological polar surface area (TPSA) is 110 Å². The van der Waals surface area contributed by atoms with Gasteiger partial charge >= 0.3 is 5.69 Å². The van der Waals surface area contributed by atoms with Crippen LogP contribution in [0.3, 0.4) is 0 Å². The zero-order valence-corrected chi connectivity index (χ0v) is 18.0. The van der Waals surface area contributed by atoms with Gasteiger partial charge in [0.1, 0.15) is 11.6 Å². The van der Waals surface area contributed by atoms with Crippen molar-refractivity contribution in [1.29, 1.82) is 0 Å². The van der Waals surface area contributed by atoms with E-state index in [9.17, 15) is 14.7 Å². The molecule has 31 heavy (non-hydrogen) atoms. The fraction of sp³-hybridized carbons (Fsp3) is 0.304. The number of ether oxygens (including phenoxy) is 2. The van der Waals surface area contributed by atoms with Gasteiger partial charge in [-0.15, -0.1) is 0 Å².